The van der Waals surface area contributed by atoms with Crippen LogP contribution < -0.4 is 14.8 Å². The van der Waals surface area contributed by atoms with Crippen LogP contribution in [0.5, 0.6) is 11.5 Å². The summed E-state index contributed by atoms with van der Waals surface area (Å²) in [7, 11) is 0. The Morgan fingerprint density at radius 1 is 1.24 bits per heavy atom. The average Bonchev–Trinajstić information content (AvgIpc) is 2.46. The summed E-state index contributed by atoms with van der Waals surface area (Å²) in [4.78, 5) is 22.9. The van der Waals surface area contributed by atoms with Gasteiger partial charge in [0.2, 0.25) is 0 Å². The van der Waals surface area contributed by atoms with Gasteiger partial charge in [-0.2, -0.15) is 12.6 Å². The predicted molar refractivity (Wildman–Crippen MR) is 81.5 cm³/mol. The third-order valence-corrected chi connectivity index (χ3v) is 2.96. The first-order valence-corrected chi connectivity index (χ1v) is 7.20. The lowest BCUT2D eigenvalue weighted by Gasteiger charge is -2.14. The molecule has 21 heavy (non-hydrogen) atoms. The van der Waals surface area contributed by atoms with E-state index in [-0.39, 0.29) is 5.75 Å². The molecule has 0 saturated carbocycles. The number of thiol groups is 1. The van der Waals surface area contributed by atoms with Gasteiger partial charge in [0, 0.05) is 11.3 Å². The van der Waals surface area contributed by atoms with E-state index in [0.29, 0.717) is 30.3 Å². The Balaban J connectivity index is 2.94. The molecule has 0 bridgehead atoms. The molecule has 1 unspecified atom stereocenters. The second-order valence-electron chi connectivity index (χ2n) is 4.07. The number of aliphatic carboxylic acids is 1. The zero-order chi connectivity index (χ0) is 15.8. The van der Waals surface area contributed by atoms with Crippen molar-refractivity contribution in [2.75, 3.05) is 19.0 Å². The lowest BCUT2D eigenvalue weighted by molar-refractivity contribution is -0.138. The summed E-state index contributed by atoms with van der Waals surface area (Å²) < 4.78 is 10.8. The molecule has 0 aromatic heterocycles. The minimum Gasteiger partial charge on any atom is -0.490 e. The van der Waals surface area contributed by atoms with Crippen LogP contribution in [-0.2, 0) is 4.79 Å². The number of nitrogens with one attached hydrogen (secondary N) is 1. The Labute approximate surface area is 128 Å². The summed E-state index contributed by atoms with van der Waals surface area (Å²) in [5, 5.41) is 11.3. The van der Waals surface area contributed by atoms with Gasteiger partial charge in [-0.05, 0) is 32.0 Å². The molecule has 0 aliphatic carbocycles. The third-order valence-electron chi connectivity index (χ3n) is 2.59. The SMILES string of the molecule is CCOc1ccc(C(=O)NC(CS)C(=O)O)cc1OCC. The van der Waals surface area contributed by atoms with E-state index in [1.54, 1.807) is 12.1 Å². The van der Waals surface area contributed by atoms with Crippen molar-refractivity contribution in [2.24, 2.45) is 0 Å². The standard InChI is InChI=1S/C14H19NO5S/c1-3-19-11-6-5-9(7-12(11)20-4-2)13(16)15-10(8-21)14(17)18/h5-7,10,21H,3-4,8H2,1-2H3,(H,15,16)(H,17,18). The Morgan fingerprint density at radius 3 is 2.38 bits per heavy atom. The third kappa shape index (κ3) is 4.86. The molecule has 0 radical (unpaired) electrons. The lowest BCUT2D eigenvalue weighted by atomic mass is 10.1. The predicted octanol–water partition coefficient (Wildman–Crippen LogP) is 1.60. The van der Waals surface area contributed by atoms with Crippen LogP contribution >= 0.6 is 12.6 Å². The van der Waals surface area contributed by atoms with Crippen molar-refractivity contribution in [1.82, 2.24) is 5.32 Å². The highest BCUT2D eigenvalue weighted by atomic mass is 32.1. The van der Waals surface area contributed by atoms with E-state index in [0.717, 1.165) is 0 Å². The molecule has 0 fully saturated rings. The molecule has 2 N–H and O–H groups in total. The van der Waals surface area contributed by atoms with Gasteiger partial charge in [0.25, 0.3) is 5.91 Å². The first-order valence-electron chi connectivity index (χ1n) is 6.57. The van der Waals surface area contributed by atoms with E-state index >= 15 is 0 Å². The number of benzene rings is 1. The van der Waals surface area contributed by atoms with Crippen LogP contribution in [0.4, 0.5) is 0 Å². The van der Waals surface area contributed by atoms with Crippen LogP contribution in [-0.4, -0.2) is 42.0 Å². The molecular formula is C14H19NO5S. The molecule has 0 spiro atoms. The molecule has 1 amide bonds. The molecule has 116 valence electrons. The zero-order valence-corrected chi connectivity index (χ0v) is 12.9. The maximum absolute atomic E-state index is 12.0. The first-order chi connectivity index (χ1) is 10.0. The quantitative estimate of drug-likeness (QED) is 0.635. The van der Waals surface area contributed by atoms with Gasteiger partial charge in [0.1, 0.15) is 6.04 Å². The number of carboxylic acid groups (broad SMARTS) is 1. The Bertz CT molecular complexity index is 506. The van der Waals surface area contributed by atoms with E-state index in [4.69, 9.17) is 14.6 Å². The molecule has 1 aromatic carbocycles. The van der Waals surface area contributed by atoms with Crippen molar-refractivity contribution in [3.05, 3.63) is 23.8 Å². The van der Waals surface area contributed by atoms with Crippen molar-refractivity contribution in [3.63, 3.8) is 0 Å². The van der Waals surface area contributed by atoms with Crippen LogP contribution in [0.1, 0.15) is 24.2 Å². The number of carboxylic acids is 1. The van der Waals surface area contributed by atoms with Crippen molar-refractivity contribution in [3.8, 4) is 11.5 Å². The van der Waals surface area contributed by atoms with Gasteiger partial charge in [0.05, 0.1) is 13.2 Å². The Hall–Kier alpha value is -1.89. The summed E-state index contributed by atoms with van der Waals surface area (Å²) in [6.07, 6.45) is 0. The highest BCUT2D eigenvalue weighted by molar-refractivity contribution is 7.80. The second kappa shape index (κ2) is 8.41. The zero-order valence-electron chi connectivity index (χ0n) is 12.0. The van der Waals surface area contributed by atoms with Gasteiger partial charge in [-0.25, -0.2) is 4.79 Å². The van der Waals surface area contributed by atoms with Gasteiger partial charge < -0.3 is 19.9 Å². The van der Waals surface area contributed by atoms with Crippen molar-refractivity contribution >= 4 is 24.5 Å². The number of amides is 1. The van der Waals surface area contributed by atoms with Crippen LogP contribution in [0.3, 0.4) is 0 Å². The number of ether oxygens (including phenoxy) is 2. The molecule has 0 aliphatic rings. The highest BCUT2D eigenvalue weighted by Gasteiger charge is 2.20. The van der Waals surface area contributed by atoms with E-state index in [1.807, 2.05) is 13.8 Å². The number of carbonyl (C=O) groups is 2. The summed E-state index contributed by atoms with van der Waals surface area (Å²) in [6.45, 7) is 4.58. The normalized spacial score (nSPS) is 11.6. The molecule has 1 atom stereocenters. The maximum Gasteiger partial charge on any atom is 0.327 e. The summed E-state index contributed by atoms with van der Waals surface area (Å²) in [6, 6.07) is 3.67. The fraction of sp³-hybridized carbons (Fsp3) is 0.429. The maximum atomic E-state index is 12.0. The second-order valence-corrected chi connectivity index (χ2v) is 4.44. The van der Waals surface area contributed by atoms with E-state index < -0.39 is 17.9 Å². The molecule has 7 heteroatoms. The van der Waals surface area contributed by atoms with Gasteiger partial charge in [-0.3, -0.25) is 4.79 Å². The fourth-order valence-electron chi connectivity index (χ4n) is 1.62. The summed E-state index contributed by atoms with van der Waals surface area (Å²) >= 11 is 3.90. The number of carbonyl (C=O) groups excluding carboxylic acids is 1. The van der Waals surface area contributed by atoms with Gasteiger partial charge in [0.15, 0.2) is 11.5 Å². The Morgan fingerprint density at radius 2 is 1.86 bits per heavy atom. The van der Waals surface area contributed by atoms with Crippen LogP contribution in [0.15, 0.2) is 18.2 Å². The molecule has 0 heterocycles. The van der Waals surface area contributed by atoms with E-state index in [1.165, 1.54) is 6.07 Å². The van der Waals surface area contributed by atoms with Crippen molar-refractivity contribution in [1.29, 1.82) is 0 Å². The lowest BCUT2D eigenvalue weighted by Crippen LogP contribution is -2.42. The Kier molecular flexibility index (Phi) is 6.87. The largest absolute Gasteiger partial charge is 0.490 e. The summed E-state index contributed by atoms with van der Waals surface area (Å²) in [5.41, 5.74) is 0.301. The molecule has 6 nitrogen and oxygen atoms in total. The van der Waals surface area contributed by atoms with E-state index in [2.05, 4.69) is 17.9 Å². The van der Waals surface area contributed by atoms with Crippen molar-refractivity contribution < 1.29 is 24.2 Å². The first kappa shape index (κ1) is 17.2. The van der Waals surface area contributed by atoms with Crippen molar-refractivity contribution in [2.45, 2.75) is 19.9 Å². The molecular weight excluding hydrogens is 294 g/mol. The molecule has 1 rings (SSSR count). The number of hydrogen-bond acceptors (Lipinski definition) is 5. The highest BCUT2D eigenvalue weighted by Crippen LogP contribution is 2.28. The van der Waals surface area contributed by atoms with Crippen LogP contribution in [0, 0.1) is 0 Å². The minimum absolute atomic E-state index is 0.0103. The molecule has 0 saturated heterocycles. The number of hydrogen-bond donors (Lipinski definition) is 3. The number of rotatable bonds is 8. The molecule has 1 aromatic rings. The van der Waals surface area contributed by atoms with Crippen LogP contribution in [0.2, 0.25) is 0 Å². The minimum atomic E-state index is -1.13. The average molecular weight is 313 g/mol. The fourth-order valence-corrected chi connectivity index (χ4v) is 1.87. The topological polar surface area (TPSA) is 84.9 Å². The summed E-state index contributed by atoms with van der Waals surface area (Å²) in [5.74, 6) is -0.629. The van der Waals surface area contributed by atoms with Gasteiger partial charge >= 0.3 is 5.97 Å². The van der Waals surface area contributed by atoms with Crippen LogP contribution in [0.25, 0.3) is 0 Å². The van der Waals surface area contributed by atoms with Gasteiger partial charge in [-0.1, -0.05) is 0 Å². The van der Waals surface area contributed by atoms with Gasteiger partial charge in [-0.15, -0.1) is 0 Å². The van der Waals surface area contributed by atoms with E-state index in [9.17, 15) is 9.59 Å². The molecule has 0 aliphatic heterocycles. The monoisotopic (exact) mass is 313 g/mol. The smallest absolute Gasteiger partial charge is 0.327 e.